The Kier molecular flexibility index (Phi) is 4.01. The van der Waals surface area contributed by atoms with Crippen LogP contribution in [0.15, 0.2) is 6.07 Å². The van der Waals surface area contributed by atoms with Crippen molar-refractivity contribution in [3.05, 3.63) is 17.3 Å². The van der Waals surface area contributed by atoms with Crippen LogP contribution in [0.1, 0.15) is 16.1 Å². The number of ether oxygens (including phenoxy) is 2. The van der Waals surface area contributed by atoms with Gasteiger partial charge in [0.1, 0.15) is 17.1 Å². The molecule has 0 aliphatic rings. The minimum atomic E-state index is -5.32. The fourth-order valence-electron chi connectivity index (χ4n) is 1.25. The van der Waals surface area contributed by atoms with Crippen molar-refractivity contribution >= 4 is 11.8 Å². The Labute approximate surface area is 107 Å². The minimum Gasteiger partial charge on any atom is -0.465 e. The quantitative estimate of drug-likeness (QED) is 0.670. The number of nitrogen functional groups attached to an aromatic ring is 1. The minimum absolute atomic E-state index is 0.342. The number of hydrogen-bond acceptors (Lipinski definition) is 5. The number of carbonyl (C=O) groups is 1. The van der Waals surface area contributed by atoms with Crippen LogP contribution in [0, 0.1) is 0 Å². The van der Waals surface area contributed by atoms with E-state index < -0.39 is 41.3 Å². The van der Waals surface area contributed by atoms with Gasteiger partial charge in [0.05, 0.1) is 7.11 Å². The number of esters is 1. The number of anilines is 1. The molecule has 0 aliphatic carbocycles. The van der Waals surface area contributed by atoms with Crippen LogP contribution in [0.3, 0.4) is 0 Å². The molecule has 0 radical (unpaired) electrons. The lowest BCUT2D eigenvalue weighted by atomic mass is 10.1. The summed E-state index contributed by atoms with van der Waals surface area (Å²) < 4.78 is 81.8. The first kappa shape index (κ1) is 15.9. The molecule has 1 rings (SSSR count). The molecule has 1 heterocycles. The van der Waals surface area contributed by atoms with Gasteiger partial charge in [-0.3, -0.25) is 0 Å². The molecular weight excluding hydrogens is 298 g/mol. The van der Waals surface area contributed by atoms with Crippen molar-refractivity contribution in [2.24, 2.45) is 0 Å². The summed E-state index contributed by atoms with van der Waals surface area (Å²) >= 11 is 0. The van der Waals surface area contributed by atoms with Crippen molar-refractivity contribution in [1.29, 1.82) is 0 Å². The molecule has 0 atom stereocenters. The van der Waals surface area contributed by atoms with E-state index in [9.17, 15) is 31.1 Å². The van der Waals surface area contributed by atoms with Gasteiger partial charge in [-0.05, 0) is 0 Å². The first-order valence-corrected chi connectivity index (χ1v) is 4.67. The Hall–Kier alpha value is -2.20. The highest BCUT2D eigenvalue weighted by Crippen LogP contribution is 2.37. The third kappa shape index (κ3) is 3.65. The topological polar surface area (TPSA) is 74.4 Å². The second-order valence-electron chi connectivity index (χ2n) is 3.31. The number of carbonyl (C=O) groups excluding carboxylic acids is 1. The summed E-state index contributed by atoms with van der Waals surface area (Å²) in [4.78, 5) is 14.1. The maximum Gasteiger partial charge on any atom is 0.573 e. The summed E-state index contributed by atoms with van der Waals surface area (Å²) in [5, 5.41) is 0. The number of hydrogen-bond donors (Lipinski definition) is 1. The van der Waals surface area contributed by atoms with Gasteiger partial charge in [-0.15, -0.1) is 13.2 Å². The van der Waals surface area contributed by atoms with Gasteiger partial charge in [0.15, 0.2) is 5.69 Å². The predicted molar refractivity (Wildman–Crippen MR) is 51.7 cm³/mol. The highest BCUT2D eigenvalue weighted by atomic mass is 19.4. The first-order chi connectivity index (χ1) is 8.95. The van der Waals surface area contributed by atoms with E-state index in [1.807, 2.05) is 0 Å². The van der Waals surface area contributed by atoms with Crippen molar-refractivity contribution in [3.8, 4) is 5.75 Å². The van der Waals surface area contributed by atoms with Gasteiger partial charge in [0.2, 0.25) is 0 Å². The molecule has 1 aromatic heterocycles. The zero-order chi connectivity index (χ0) is 15.7. The zero-order valence-electron chi connectivity index (χ0n) is 9.59. The summed E-state index contributed by atoms with van der Waals surface area (Å²) in [5.41, 5.74) is 1.54. The number of aromatic nitrogens is 1. The van der Waals surface area contributed by atoms with Crippen LogP contribution in [0.5, 0.6) is 5.75 Å². The zero-order valence-corrected chi connectivity index (χ0v) is 9.59. The SMILES string of the molecule is COC(=O)c1c(OC(F)(F)F)cc(N)nc1C(F)(F)F. The smallest absolute Gasteiger partial charge is 0.465 e. The molecule has 0 amide bonds. The number of halogens is 6. The Bertz CT molecular complexity index is 526. The average molecular weight is 304 g/mol. The molecule has 0 fully saturated rings. The molecule has 112 valence electrons. The summed E-state index contributed by atoms with van der Waals surface area (Å²) in [6, 6.07) is 0.342. The average Bonchev–Trinajstić information content (AvgIpc) is 2.23. The van der Waals surface area contributed by atoms with Crippen LogP contribution in [-0.4, -0.2) is 24.4 Å². The van der Waals surface area contributed by atoms with E-state index in [-0.39, 0.29) is 0 Å². The lowest BCUT2D eigenvalue weighted by Gasteiger charge is -2.16. The van der Waals surface area contributed by atoms with Crippen molar-refractivity contribution in [3.63, 3.8) is 0 Å². The molecule has 0 aromatic carbocycles. The molecule has 11 heteroatoms. The Morgan fingerprint density at radius 1 is 1.25 bits per heavy atom. The monoisotopic (exact) mass is 304 g/mol. The van der Waals surface area contributed by atoms with Gasteiger partial charge in [-0.2, -0.15) is 13.2 Å². The summed E-state index contributed by atoms with van der Waals surface area (Å²) in [6.45, 7) is 0. The molecule has 0 bridgehead atoms. The number of rotatable bonds is 2. The van der Waals surface area contributed by atoms with Gasteiger partial charge in [-0.25, -0.2) is 9.78 Å². The lowest BCUT2D eigenvalue weighted by Crippen LogP contribution is -2.23. The number of methoxy groups -OCH3 is 1. The summed E-state index contributed by atoms with van der Waals surface area (Å²) in [7, 11) is 0.691. The van der Waals surface area contributed by atoms with Gasteiger partial charge in [0.25, 0.3) is 0 Å². The number of pyridine rings is 1. The van der Waals surface area contributed by atoms with E-state index in [4.69, 9.17) is 5.73 Å². The van der Waals surface area contributed by atoms with Gasteiger partial charge >= 0.3 is 18.5 Å². The van der Waals surface area contributed by atoms with E-state index in [2.05, 4.69) is 14.5 Å². The standard InChI is InChI=1S/C9H6F6N2O3/c1-19-7(18)5-3(20-9(13,14)15)2-4(16)17-6(5)8(10,11)12/h2H,1H3,(H2,16,17). The van der Waals surface area contributed by atoms with Crippen LogP contribution in [0.25, 0.3) is 0 Å². The maximum absolute atomic E-state index is 12.7. The van der Waals surface area contributed by atoms with E-state index in [0.29, 0.717) is 13.2 Å². The van der Waals surface area contributed by atoms with Crippen molar-refractivity contribution < 1.29 is 40.6 Å². The molecule has 0 aliphatic heterocycles. The fraction of sp³-hybridized carbons (Fsp3) is 0.333. The molecular formula is C9H6F6N2O3. The van der Waals surface area contributed by atoms with Crippen molar-refractivity contribution in [1.82, 2.24) is 4.98 Å². The molecule has 0 saturated heterocycles. The van der Waals surface area contributed by atoms with Crippen LogP contribution in [0.2, 0.25) is 0 Å². The molecule has 0 unspecified atom stereocenters. The van der Waals surface area contributed by atoms with Crippen LogP contribution in [-0.2, 0) is 10.9 Å². The largest absolute Gasteiger partial charge is 0.573 e. The molecule has 0 spiro atoms. The second-order valence-corrected chi connectivity index (χ2v) is 3.31. The molecule has 0 saturated carbocycles. The van der Waals surface area contributed by atoms with Crippen molar-refractivity contribution in [2.75, 3.05) is 12.8 Å². The third-order valence-corrected chi connectivity index (χ3v) is 1.89. The molecule has 5 nitrogen and oxygen atoms in total. The Morgan fingerprint density at radius 2 is 1.80 bits per heavy atom. The Morgan fingerprint density at radius 3 is 2.20 bits per heavy atom. The number of nitrogens with zero attached hydrogens (tertiary/aromatic N) is 1. The van der Waals surface area contributed by atoms with E-state index in [1.54, 1.807) is 0 Å². The highest BCUT2D eigenvalue weighted by Gasteiger charge is 2.42. The van der Waals surface area contributed by atoms with Crippen molar-refractivity contribution in [2.45, 2.75) is 12.5 Å². The van der Waals surface area contributed by atoms with Crippen LogP contribution < -0.4 is 10.5 Å². The second kappa shape index (κ2) is 5.06. The highest BCUT2D eigenvalue weighted by molar-refractivity contribution is 5.94. The van der Waals surface area contributed by atoms with Crippen LogP contribution >= 0.6 is 0 Å². The third-order valence-electron chi connectivity index (χ3n) is 1.89. The van der Waals surface area contributed by atoms with Crippen LogP contribution in [0.4, 0.5) is 32.2 Å². The Balaban J connectivity index is 3.57. The van der Waals surface area contributed by atoms with E-state index in [1.165, 1.54) is 0 Å². The summed E-state index contributed by atoms with van der Waals surface area (Å²) in [5.74, 6) is -4.03. The van der Waals surface area contributed by atoms with Gasteiger partial charge in [0, 0.05) is 6.07 Å². The number of alkyl halides is 6. The summed E-state index contributed by atoms with van der Waals surface area (Å²) in [6.07, 6.45) is -10.5. The normalized spacial score (nSPS) is 12.2. The number of nitrogens with two attached hydrogens (primary N) is 1. The predicted octanol–water partition coefficient (Wildman–Crippen LogP) is 2.37. The van der Waals surface area contributed by atoms with Gasteiger partial charge in [-0.1, -0.05) is 0 Å². The molecule has 20 heavy (non-hydrogen) atoms. The molecule has 2 N–H and O–H groups in total. The van der Waals surface area contributed by atoms with E-state index in [0.717, 1.165) is 0 Å². The maximum atomic E-state index is 12.7. The molecule has 1 aromatic rings. The first-order valence-electron chi connectivity index (χ1n) is 4.67. The lowest BCUT2D eigenvalue weighted by molar-refractivity contribution is -0.274. The fourth-order valence-corrected chi connectivity index (χ4v) is 1.25. The van der Waals surface area contributed by atoms with E-state index >= 15 is 0 Å². The van der Waals surface area contributed by atoms with Gasteiger partial charge < -0.3 is 15.2 Å².